The Hall–Kier alpha value is -5.48. The van der Waals surface area contributed by atoms with Gasteiger partial charge in [-0.2, -0.15) is 0 Å². The van der Waals surface area contributed by atoms with Gasteiger partial charge in [-0.25, -0.2) is 0 Å². The zero-order valence-electron chi connectivity index (χ0n) is 38.2. The fraction of sp³-hybridized carbons (Fsp3) is 0.448. The van der Waals surface area contributed by atoms with Crippen molar-refractivity contribution in [1.82, 2.24) is 18.9 Å². The number of aryl methyl sites for hydroxylation is 4. The van der Waals surface area contributed by atoms with E-state index in [4.69, 9.17) is 9.47 Å². The summed E-state index contributed by atoms with van der Waals surface area (Å²) in [6, 6.07) is 26.7. The number of hydrogen-bond acceptors (Lipinski definition) is 7. The van der Waals surface area contributed by atoms with E-state index < -0.39 is 11.0 Å². The summed E-state index contributed by atoms with van der Waals surface area (Å²) in [5.74, 6) is 3.28. The highest BCUT2D eigenvalue weighted by Crippen LogP contribution is 2.71. The second-order valence-electron chi connectivity index (χ2n) is 22.9. The summed E-state index contributed by atoms with van der Waals surface area (Å²) < 4.78 is 18.8. The number of aromatic hydroxyl groups is 2. The molecule has 2 unspecified atom stereocenters. The number of para-hydroxylation sites is 1. The predicted molar refractivity (Wildman–Crippen MR) is 257 cm³/mol. The van der Waals surface area contributed by atoms with E-state index in [-0.39, 0.29) is 29.4 Å². The number of rotatable bonds is 2. The van der Waals surface area contributed by atoms with Crippen molar-refractivity contribution in [3.63, 3.8) is 0 Å². The zero-order chi connectivity index (χ0) is 44.0. The van der Waals surface area contributed by atoms with E-state index in [0.29, 0.717) is 29.9 Å². The van der Waals surface area contributed by atoms with Gasteiger partial charge in [0.25, 0.3) is 0 Å². The lowest BCUT2D eigenvalue weighted by Crippen LogP contribution is -2.74. The van der Waals surface area contributed by atoms with Crippen molar-refractivity contribution in [2.24, 2.45) is 11.8 Å². The Kier molecular flexibility index (Phi) is 6.83. The number of likely N-dealkylation sites (tertiary alicyclic amines) is 2. The minimum atomic E-state index is -0.925. The van der Waals surface area contributed by atoms with Crippen LogP contribution >= 0.6 is 0 Å². The van der Waals surface area contributed by atoms with Gasteiger partial charge in [0.15, 0.2) is 29.1 Å². The zero-order valence-corrected chi connectivity index (χ0v) is 38.2. The van der Waals surface area contributed by atoms with E-state index >= 15 is 0 Å². The van der Waals surface area contributed by atoms with Crippen LogP contribution in [-0.2, 0) is 62.4 Å². The molecule has 0 amide bonds. The molecule has 338 valence electrons. The maximum Gasteiger partial charge on any atom is 0.166 e. The highest BCUT2D eigenvalue weighted by Gasteiger charge is 2.73. The summed E-state index contributed by atoms with van der Waals surface area (Å²) in [5.41, 5.74) is 14.8. The second-order valence-corrected chi connectivity index (χ2v) is 22.9. The molecular weight excluding hydrogens is 833 g/mol. The van der Waals surface area contributed by atoms with Crippen molar-refractivity contribution in [1.29, 1.82) is 0 Å². The SMILES string of the molecule is CN1CC[C@]23c4c5ccc(O)c4OC2c2c(c4cccc6c4n2CCC6)C[C@H]3[C@H]1C5.Oc1ccc2c3c1OC1c4c(c5ccc6cccc7c6c5n4CC7)C[C@@]4(O)[C@@H](C2)N(CC2CC2)CC[C@]314. The standard InChI is InChI=1S/C32H30N2O3.C26H26N2O2/c35-23-9-7-20-14-24-32(36)15-22-21-8-6-18-2-1-3-19-10-12-34(27(21)25(18)19)28(22)30-31(32,26(20)29(23)37-30)11-13-33(24)16-17-4-5-17;1-27-11-9-26-18-13-17-16-6-2-4-14-5-3-10-28(22(14)16)23(17)25(26)30-24-20(29)8-7-15(21(24)26)12-19(18)27/h1-3,6-9,17,24,30,35-36H,4-5,10-16H2;2,4,6-8,18-19,25,29H,3,5,9-13H2,1H3/t24-,30?,31+,32-;18-,19+,25?,26-/m10/s1. The van der Waals surface area contributed by atoms with Crippen LogP contribution in [0.15, 0.2) is 72.8 Å². The minimum absolute atomic E-state index is 0.0112. The van der Waals surface area contributed by atoms with E-state index in [1.54, 1.807) is 0 Å². The predicted octanol–water partition coefficient (Wildman–Crippen LogP) is 8.85. The molecule has 2 aromatic heterocycles. The molecule has 8 atom stereocenters. The molecule has 9 nitrogen and oxygen atoms in total. The number of aliphatic hydroxyl groups is 1. The maximum absolute atomic E-state index is 13.1. The van der Waals surface area contributed by atoms with Gasteiger partial charge in [0.2, 0.25) is 0 Å². The Morgan fingerprint density at radius 3 is 2.30 bits per heavy atom. The average molecular weight is 889 g/mol. The smallest absolute Gasteiger partial charge is 0.166 e. The lowest BCUT2D eigenvalue weighted by atomic mass is 9.49. The number of piperidine rings is 2. The molecule has 67 heavy (non-hydrogen) atoms. The van der Waals surface area contributed by atoms with E-state index in [9.17, 15) is 15.3 Å². The molecule has 3 N–H and O–H groups in total. The molecule has 5 aliphatic carbocycles. The summed E-state index contributed by atoms with van der Waals surface area (Å²) in [4.78, 5) is 5.21. The normalized spacial score (nSPS) is 32.6. The van der Waals surface area contributed by atoms with Crippen LogP contribution in [0.5, 0.6) is 23.0 Å². The fourth-order valence-corrected chi connectivity index (χ4v) is 17.5. The van der Waals surface area contributed by atoms with E-state index in [0.717, 1.165) is 88.5 Å². The summed E-state index contributed by atoms with van der Waals surface area (Å²) in [6.45, 7) is 5.21. The summed E-state index contributed by atoms with van der Waals surface area (Å²) in [6.07, 6.45) is 11.4. The van der Waals surface area contributed by atoms with Gasteiger partial charge in [-0.05, 0) is 147 Å². The van der Waals surface area contributed by atoms with Crippen molar-refractivity contribution in [2.75, 3.05) is 26.7 Å². The van der Waals surface area contributed by atoms with E-state index in [1.807, 2.05) is 12.1 Å². The number of benzene rings is 5. The van der Waals surface area contributed by atoms with Crippen LogP contribution in [0.25, 0.3) is 32.6 Å². The molecule has 1 saturated carbocycles. The maximum atomic E-state index is 13.1. The summed E-state index contributed by atoms with van der Waals surface area (Å²) >= 11 is 0. The molecule has 11 aliphatic rings. The lowest BCUT2D eigenvalue weighted by molar-refractivity contribution is -0.173. The molecule has 8 heterocycles. The molecule has 2 spiro atoms. The molecule has 6 aliphatic heterocycles. The molecule has 5 aromatic carbocycles. The molecule has 7 aromatic rings. The monoisotopic (exact) mass is 888 g/mol. The van der Waals surface area contributed by atoms with Crippen LogP contribution in [0.1, 0.15) is 100 Å². The fourth-order valence-electron chi connectivity index (χ4n) is 17.5. The Balaban J connectivity index is 0.000000117. The van der Waals surface area contributed by atoms with Gasteiger partial charge in [0, 0.05) is 70.8 Å². The first-order valence-corrected chi connectivity index (χ1v) is 25.7. The highest BCUT2D eigenvalue weighted by molar-refractivity contribution is 6.10. The Morgan fingerprint density at radius 1 is 0.672 bits per heavy atom. The van der Waals surface area contributed by atoms with Crippen LogP contribution in [0.3, 0.4) is 0 Å². The average Bonchev–Trinajstić information content (AvgIpc) is 3.70. The largest absolute Gasteiger partial charge is 0.504 e. The quantitative estimate of drug-likeness (QED) is 0.160. The van der Waals surface area contributed by atoms with Crippen molar-refractivity contribution in [3.05, 3.63) is 129 Å². The Bertz CT molecular complexity index is 3440. The van der Waals surface area contributed by atoms with E-state index in [2.05, 4.69) is 86.6 Å². The topological polar surface area (TPSA) is 95.5 Å². The van der Waals surface area contributed by atoms with Gasteiger partial charge in [-0.1, -0.05) is 60.7 Å². The first-order chi connectivity index (χ1) is 32.8. The Labute approximate surface area is 389 Å². The third kappa shape index (κ3) is 4.22. The molecule has 2 saturated heterocycles. The third-order valence-corrected chi connectivity index (χ3v) is 20.3. The number of hydrogen-bond donors (Lipinski definition) is 3. The van der Waals surface area contributed by atoms with Gasteiger partial charge in [0.05, 0.1) is 33.4 Å². The number of ether oxygens (including phenoxy) is 2. The summed E-state index contributed by atoms with van der Waals surface area (Å²) in [7, 11) is 2.31. The lowest BCUT2D eigenvalue weighted by Gasteiger charge is -2.63. The number of fused-ring (bicyclic) bond motifs is 8. The first kappa shape index (κ1) is 37.5. The number of likely N-dealkylation sites (N-methyl/N-ethyl adjacent to an activating group) is 1. The number of phenols is 2. The van der Waals surface area contributed by atoms with Crippen LogP contribution in [0, 0.1) is 11.8 Å². The highest BCUT2D eigenvalue weighted by atomic mass is 16.5. The molecular formula is C58H56N4O5. The van der Waals surface area contributed by atoms with Gasteiger partial charge >= 0.3 is 0 Å². The van der Waals surface area contributed by atoms with Crippen LogP contribution in [-0.4, -0.2) is 78.6 Å². The van der Waals surface area contributed by atoms with Crippen LogP contribution in [0.4, 0.5) is 0 Å². The van der Waals surface area contributed by atoms with Gasteiger partial charge in [0.1, 0.15) is 6.10 Å². The molecule has 3 fully saturated rings. The first-order valence-electron chi connectivity index (χ1n) is 25.7. The second kappa shape index (κ2) is 12.2. The van der Waals surface area contributed by atoms with Crippen molar-refractivity contribution < 1.29 is 24.8 Å². The van der Waals surface area contributed by atoms with Crippen molar-refractivity contribution >= 4 is 32.6 Å². The van der Waals surface area contributed by atoms with Crippen molar-refractivity contribution in [3.8, 4) is 23.0 Å². The Morgan fingerprint density at radius 2 is 1.43 bits per heavy atom. The molecule has 18 rings (SSSR count). The van der Waals surface area contributed by atoms with Gasteiger partial charge in [-0.15, -0.1) is 0 Å². The number of nitrogens with zero attached hydrogens (tertiary/aromatic N) is 4. The number of aromatic nitrogens is 2. The van der Waals surface area contributed by atoms with Crippen LogP contribution < -0.4 is 9.47 Å². The molecule has 9 heteroatoms. The van der Waals surface area contributed by atoms with Crippen molar-refractivity contribution in [2.45, 2.75) is 124 Å². The van der Waals surface area contributed by atoms with Crippen LogP contribution in [0.2, 0.25) is 0 Å². The molecule has 0 radical (unpaired) electrons. The van der Waals surface area contributed by atoms with E-state index in [1.165, 1.54) is 109 Å². The summed E-state index contributed by atoms with van der Waals surface area (Å²) in [5, 5.41) is 40.3. The van der Waals surface area contributed by atoms with Gasteiger partial charge < -0.3 is 38.8 Å². The minimum Gasteiger partial charge on any atom is -0.504 e. The number of phenolic OH excluding ortho intramolecular Hbond substituents is 2. The molecule has 4 bridgehead atoms. The third-order valence-electron chi connectivity index (χ3n) is 20.3. The van der Waals surface area contributed by atoms with Gasteiger partial charge in [-0.3, -0.25) is 4.90 Å².